The molecule has 0 bridgehead atoms. The molecule has 2 fully saturated rings. The van der Waals surface area contributed by atoms with E-state index in [1.54, 1.807) is 39.0 Å². The first-order valence-electron chi connectivity index (χ1n) is 16.6. The van der Waals surface area contributed by atoms with Crippen LogP contribution in [0.15, 0.2) is 60.7 Å². The Balaban J connectivity index is 1.41. The van der Waals surface area contributed by atoms with Gasteiger partial charge in [0.15, 0.2) is 0 Å². The number of carbonyl (C=O) groups is 5. The number of hydroxylamine groups is 1. The number of nitrogens with one attached hydrogen (secondary N) is 4. The van der Waals surface area contributed by atoms with Gasteiger partial charge in [-0.3, -0.25) is 29.5 Å². The van der Waals surface area contributed by atoms with E-state index in [1.807, 2.05) is 49.4 Å². The van der Waals surface area contributed by atoms with Gasteiger partial charge in [0.1, 0.15) is 24.3 Å². The van der Waals surface area contributed by atoms with Crippen LogP contribution in [-0.2, 0) is 35.4 Å². The topological polar surface area (TPSA) is 155 Å². The van der Waals surface area contributed by atoms with Gasteiger partial charge in [-0.15, -0.1) is 0 Å². The van der Waals surface area contributed by atoms with Crippen LogP contribution in [0.1, 0.15) is 70.9 Å². The second-order valence-electron chi connectivity index (χ2n) is 14.0. The zero-order chi connectivity index (χ0) is 35.3. The first kappa shape index (κ1) is 35.9. The first-order valence-corrected chi connectivity index (χ1v) is 17.0. The van der Waals surface area contributed by atoms with Crippen LogP contribution in [0.2, 0.25) is 5.02 Å². The van der Waals surface area contributed by atoms with Gasteiger partial charge in [-0.2, -0.15) is 0 Å². The fraction of sp³-hybridized carbons (Fsp3) is 0.472. The Morgan fingerprint density at radius 1 is 1.04 bits per heavy atom. The van der Waals surface area contributed by atoms with Crippen molar-refractivity contribution < 1.29 is 33.5 Å². The summed E-state index contributed by atoms with van der Waals surface area (Å²) < 4.78 is 5.44. The number of hydrogen-bond donors (Lipinski definition) is 4. The zero-order valence-corrected chi connectivity index (χ0v) is 29.0. The van der Waals surface area contributed by atoms with E-state index in [-0.39, 0.29) is 32.0 Å². The standard InChI is InChI=1S/C36H44ClN5O7/c1-5-11-26(29(43)32(45)38-23-16-17-23)39-31(44)28-19-36(18-27(41-49-36)24-14-9-10-15-25(24)37)21-42(28)33(46)30(35(2,3)4)40-34(47)48-20-22-12-7-6-8-13-22/h6-10,12-15,18,23,26,28,30,41H,5,11,16-17,19-21H2,1-4H3,(H,38,45)(H,39,44)(H,40,47)/t26-,28-,30+,36+/m0/s1. The molecule has 4 amide bonds. The molecule has 4 N–H and O–H groups in total. The van der Waals surface area contributed by atoms with Gasteiger partial charge in [-0.05, 0) is 42.4 Å². The monoisotopic (exact) mass is 693 g/mol. The van der Waals surface area contributed by atoms with Crippen LogP contribution in [0.4, 0.5) is 4.79 Å². The van der Waals surface area contributed by atoms with Crippen LogP contribution in [0.3, 0.4) is 0 Å². The average molecular weight is 694 g/mol. The van der Waals surface area contributed by atoms with Gasteiger partial charge in [-0.1, -0.05) is 94.2 Å². The Kier molecular flexibility index (Phi) is 11.0. The normalized spacial score (nSPS) is 21.3. The molecule has 2 heterocycles. The van der Waals surface area contributed by atoms with Crippen LogP contribution in [-0.4, -0.2) is 70.8 Å². The number of rotatable bonds is 12. The average Bonchev–Trinajstić information content (AvgIpc) is 3.67. The Morgan fingerprint density at radius 3 is 2.39 bits per heavy atom. The number of carbonyl (C=O) groups excluding carboxylic acids is 5. The molecule has 4 atom stereocenters. The molecule has 262 valence electrons. The summed E-state index contributed by atoms with van der Waals surface area (Å²) in [7, 11) is 0. The van der Waals surface area contributed by atoms with E-state index in [0.29, 0.717) is 22.7 Å². The summed E-state index contributed by atoms with van der Waals surface area (Å²) in [5.74, 6) is -2.62. The Morgan fingerprint density at radius 2 is 1.73 bits per heavy atom. The molecule has 1 saturated carbocycles. The maximum absolute atomic E-state index is 14.5. The second kappa shape index (κ2) is 15.0. The van der Waals surface area contributed by atoms with Crippen molar-refractivity contribution in [2.75, 3.05) is 6.54 Å². The number of hydrogen-bond acceptors (Lipinski definition) is 8. The van der Waals surface area contributed by atoms with E-state index < -0.39 is 58.7 Å². The highest BCUT2D eigenvalue weighted by Gasteiger charge is 2.54. The lowest BCUT2D eigenvalue weighted by molar-refractivity contribution is -0.144. The van der Waals surface area contributed by atoms with Crippen LogP contribution >= 0.6 is 11.6 Å². The van der Waals surface area contributed by atoms with Crippen molar-refractivity contribution in [3.8, 4) is 0 Å². The summed E-state index contributed by atoms with van der Waals surface area (Å²) in [6.45, 7) is 7.20. The maximum Gasteiger partial charge on any atom is 0.408 e. The van der Waals surface area contributed by atoms with E-state index in [2.05, 4.69) is 21.4 Å². The Hall–Kier alpha value is -4.42. The number of nitrogens with zero attached hydrogens (tertiary/aromatic N) is 1. The molecule has 2 aromatic rings. The minimum Gasteiger partial charge on any atom is -0.445 e. The highest BCUT2D eigenvalue weighted by Crippen LogP contribution is 2.39. The van der Waals surface area contributed by atoms with Gasteiger partial charge >= 0.3 is 6.09 Å². The van der Waals surface area contributed by atoms with Crippen molar-refractivity contribution in [1.29, 1.82) is 0 Å². The summed E-state index contributed by atoms with van der Waals surface area (Å²) >= 11 is 6.46. The zero-order valence-electron chi connectivity index (χ0n) is 28.2. The number of amides is 4. The number of Topliss-reactive ketones (excluding diaryl/α,β-unsaturated/α-hetero) is 1. The number of likely N-dealkylation sites (tertiary alicyclic amines) is 1. The molecular formula is C36H44ClN5O7. The number of benzene rings is 2. The molecule has 3 aliphatic rings. The summed E-state index contributed by atoms with van der Waals surface area (Å²) in [6, 6.07) is 13.0. The SMILES string of the molecule is CCC[C@H](NC(=O)[C@@H]1C[C@]2(C=C(c3ccccc3Cl)NO2)CN1C(=O)[C@@H](NC(=O)OCc1ccccc1)C(C)(C)C)C(=O)C(=O)NC1CC1. The Bertz CT molecular complexity index is 1610. The van der Waals surface area contributed by atoms with Crippen LogP contribution in [0.5, 0.6) is 0 Å². The highest BCUT2D eigenvalue weighted by molar-refractivity contribution is 6.38. The van der Waals surface area contributed by atoms with Crippen molar-refractivity contribution in [3.05, 3.63) is 76.8 Å². The molecule has 2 aromatic carbocycles. The Labute approximate surface area is 291 Å². The van der Waals surface area contributed by atoms with Gasteiger partial charge in [0.05, 0.1) is 18.3 Å². The predicted octanol–water partition coefficient (Wildman–Crippen LogP) is 4.03. The molecule has 1 spiro atoms. The molecular weight excluding hydrogens is 650 g/mol. The molecule has 13 heteroatoms. The molecule has 1 saturated heterocycles. The fourth-order valence-corrected chi connectivity index (χ4v) is 6.24. The van der Waals surface area contributed by atoms with Crippen LogP contribution in [0, 0.1) is 5.41 Å². The molecule has 1 aliphatic carbocycles. The smallest absolute Gasteiger partial charge is 0.408 e. The largest absolute Gasteiger partial charge is 0.445 e. The number of ether oxygens (including phenoxy) is 1. The lowest BCUT2D eigenvalue weighted by atomic mass is 9.85. The van der Waals surface area contributed by atoms with E-state index in [0.717, 1.165) is 18.4 Å². The third-order valence-electron chi connectivity index (χ3n) is 8.81. The first-order chi connectivity index (χ1) is 23.3. The van der Waals surface area contributed by atoms with Gasteiger partial charge in [0, 0.05) is 23.0 Å². The third-order valence-corrected chi connectivity index (χ3v) is 9.14. The van der Waals surface area contributed by atoms with E-state index in [9.17, 15) is 24.0 Å². The van der Waals surface area contributed by atoms with Gasteiger partial charge < -0.3 is 25.6 Å². The van der Waals surface area contributed by atoms with E-state index in [1.165, 1.54) is 4.90 Å². The van der Waals surface area contributed by atoms with Gasteiger partial charge in [-0.25, -0.2) is 4.79 Å². The summed E-state index contributed by atoms with van der Waals surface area (Å²) in [5, 5.41) is 8.66. The number of halogens is 1. The predicted molar refractivity (Wildman–Crippen MR) is 183 cm³/mol. The van der Waals surface area contributed by atoms with Crippen molar-refractivity contribution in [3.63, 3.8) is 0 Å². The van der Waals surface area contributed by atoms with Crippen molar-refractivity contribution in [2.45, 2.75) is 96.2 Å². The second-order valence-corrected chi connectivity index (χ2v) is 14.4. The number of alkyl carbamates (subject to hydrolysis) is 1. The van der Waals surface area contributed by atoms with Crippen molar-refractivity contribution in [1.82, 2.24) is 26.3 Å². The quantitative estimate of drug-likeness (QED) is 0.243. The lowest BCUT2D eigenvalue weighted by Crippen LogP contribution is -2.59. The highest BCUT2D eigenvalue weighted by atomic mass is 35.5. The minimum absolute atomic E-state index is 0.00583. The summed E-state index contributed by atoms with van der Waals surface area (Å²) in [4.78, 5) is 74.8. The number of ketones is 1. The van der Waals surface area contributed by atoms with Gasteiger partial charge in [0.2, 0.25) is 17.6 Å². The maximum atomic E-state index is 14.5. The summed E-state index contributed by atoms with van der Waals surface area (Å²) in [5.41, 5.74) is 3.01. The molecule has 2 aliphatic heterocycles. The van der Waals surface area contributed by atoms with Crippen LogP contribution < -0.4 is 21.4 Å². The molecule has 0 radical (unpaired) electrons. The summed E-state index contributed by atoms with van der Waals surface area (Å²) in [6.07, 6.45) is 3.43. The van der Waals surface area contributed by atoms with Crippen molar-refractivity contribution in [2.24, 2.45) is 5.41 Å². The molecule has 5 rings (SSSR count). The van der Waals surface area contributed by atoms with Crippen molar-refractivity contribution >= 4 is 46.9 Å². The molecule has 49 heavy (non-hydrogen) atoms. The van der Waals surface area contributed by atoms with E-state index in [4.69, 9.17) is 21.2 Å². The molecule has 0 aromatic heterocycles. The molecule has 12 nitrogen and oxygen atoms in total. The lowest BCUT2D eigenvalue weighted by Gasteiger charge is -2.35. The minimum atomic E-state index is -1.14. The van der Waals surface area contributed by atoms with E-state index >= 15 is 0 Å². The fourth-order valence-electron chi connectivity index (χ4n) is 6.00. The van der Waals surface area contributed by atoms with Crippen LogP contribution in [0.25, 0.3) is 5.70 Å². The van der Waals surface area contributed by atoms with Gasteiger partial charge in [0.25, 0.3) is 5.91 Å². The third kappa shape index (κ3) is 8.79. The molecule has 0 unspecified atom stereocenters.